The molecule has 8 heteroatoms. The molecule has 2 aromatic rings. The normalized spacial score (nSPS) is 15.1. The first kappa shape index (κ1) is 19.3. The number of aromatic nitrogens is 3. The monoisotopic (exact) mass is 373 g/mol. The number of ether oxygens (including phenoxy) is 2. The lowest BCUT2D eigenvalue weighted by molar-refractivity contribution is 0.0392. The van der Waals surface area contributed by atoms with E-state index in [0.717, 1.165) is 43.9 Å². The first-order chi connectivity index (χ1) is 13.1. The summed E-state index contributed by atoms with van der Waals surface area (Å²) in [6, 6.07) is 8.35. The highest BCUT2D eigenvalue weighted by atomic mass is 16.5. The molecule has 3 rings (SSSR count). The molecule has 146 valence electrons. The average molecular weight is 373 g/mol. The minimum absolute atomic E-state index is 0.243. The fourth-order valence-electron chi connectivity index (χ4n) is 3.09. The number of benzene rings is 1. The maximum atomic E-state index is 12.0. The average Bonchev–Trinajstić information content (AvgIpc) is 3.13. The molecule has 0 saturated carbocycles. The zero-order valence-corrected chi connectivity index (χ0v) is 15.9. The van der Waals surface area contributed by atoms with Crippen LogP contribution in [0, 0.1) is 0 Å². The van der Waals surface area contributed by atoms with Gasteiger partial charge >= 0.3 is 0 Å². The predicted molar refractivity (Wildman–Crippen MR) is 101 cm³/mol. The number of hydrogen-bond acceptors (Lipinski definition) is 6. The fraction of sp³-hybridized carbons (Fsp3) is 0.526. The largest absolute Gasteiger partial charge is 0.492 e. The van der Waals surface area contributed by atoms with Crippen LogP contribution in [-0.4, -0.2) is 65.3 Å². The maximum absolute atomic E-state index is 12.0. The lowest BCUT2D eigenvalue weighted by atomic mass is 10.1. The van der Waals surface area contributed by atoms with Crippen LogP contribution in [0.2, 0.25) is 0 Å². The van der Waals surface area contributed by atoms with E-state index >= 15 is 0 Å². The van der Waals surface area contributed by atoms with Gasteiger partial charge < -0.3 is 14.8 Å². The van der Waals surface area contributed by atoms with E-state index in [1.54, 1.807) is 13.2 Å². The molecule has 0 atom stereocenters. The Kier molecular flexibility index (Phi) is 6.78. The third kappa shape index (κ3) is 5.77. The quantitative estimate of drug-likeness (QED) is 0.750. The van der Waals surface area contributed by atoms with Crippen LogP contribution in [0.5, 0.6) is 5.75 Å². The van der Waals surface area contributed by atoms with Crippen molar-refractivity contribution < 1.29 is 14.3 Å². The topological polar surface area (TPSA) is 81.5 Å². The summed E-state index contributed by atoms with van der Waals surface area (Å²) in [5.41, 5.74) is 1.28. The molecule has 0 bridgehead atoms. The van der Waals surface area contributed by atoms with Crippen molar-refractivity contribution in [3.8, 4) is 5.75 Å². The number of carbonyl (C=O) groups is 1. The lowest BCUT2D eigenvalue weighted by Crippen LogP contribution is -2.38. The first-order valence-electron chi connectivity index (χ1n) is 9.26. The second-order valence-corrected chi connectivity index (χ2v) is 6.78. The van der Waals surface area contributed by atoms with Crippen LogP contribution >= 0.6 is 0 Å². The van der Waals surface area contributed by atoms with Crippen molar-refractivity contribution in [1.82, 2.24) is 25.2 Å². The summed E-state index contributed by atoms with van der Waals surface area (Å²) in [6.45, 7) is 3.60. The molecule has 0 spiro atoms. The first-order valence-corrected chi connectivity index (χ1v) is 9.26. The third-order valence-electron chi connectivity index (χ3n) is 4.71. The predicted octanol–water partition coefficient (Wildman–Crippen LogP) is 1.23. The van der Waals surface area contributed by atoms with Crippen molar-refractivity contribution in [2.45, 2.75) is 25.4 Å². The van der Waals surface area contributed by atoms with Crippen molar-refractivity contribution >= 4 is 5.91 Å². The summed E-state index contributed by atoms with van der Waals surface area (Å²) >= 11 is 0. The molecule has 1 N–H and O–H groups in total. The molecular formula is C19H27N5O3. The molecule has 8 nitrogen and oxygen atoms in total. The molecule has 1 amide bonds. The van der Waals surface area contributed by atoms with E-state index in [0.29, 0.717) is 24.9 Å². The molecule has 0 radical (unpaired) electrons. The van der Waals surface area contributed by atoms with Gasteiger partial charge in [0.05, 0.1) is 6.20 Å². The van der Waals surface area contributed by atoms with Gasteiger partial charge in [-0.15, -0.1) is 5.10 Å². The molecule has 1 aliphatic heterocycles. The Bertz CT molecular complexity index is 742. The van der Waals surface area contributed by atoms with E-state index in [2.05, 4.69) is 27.6 Å². The van der Waals surface area contributed by atoms with Gasteiger partial charge in [0.2, 0.25) is 0 Å². The molecule has 1 fully saturated rings. The van der Waals surface area contributed by atoms with Crippen molar-refractivity contribution in [2.75, 3.05) is 33.4 Å². The molecule has 1 aromatic heterocycles. The van der Waals surface area contributed by atoms with Crippen LogP contribution in [0.1, 0.15) is 28.9 Å². The molecule has 1 aromatic carbocycles. The summed E-state index contributed by atoms with van der Waals surface area (Å²) < 4.78 is 12.8. The summed E-state index contributed by atoms with van der Waals surface area (Å²) in [7, 11) is 3.86. The summed E-state index contributed by atoms with van der Waals surface area (Å²) in [4.78, 5) is 14.4. The van der Waals surface area contributed by atoms with E-state index in [4.69, 9.17) is 9.47 Å². The van der Waals surface area contributed by atoms with Gasteiger partial charge in [0.25, 0.3) is 5.91 Å². The van der Waals surface area contributed by atoms with E-state index in [1.165, 1.54) is 4.68 Å². The van der Waals surface area contributed by atoms with Crippen LogP contribution in [0.25, 0.3) is 0 Å². The number of rotatable bonds is 8. The number of amides is 1. The van der Waals surface area contributed by atoms with E-state index in [1.807, 2.05) is 24.3 Å². The van der Waals surface area contributed by atoms with Crippen LogP contribution < -0.4 is 10.1 Å². The van der Waals surface area contributed by atoms with Crippen LogP contribution in [0.3, 0.4) is 0 Å². The van der Waals surface area contributed by atoms with Gasteiger partial charge in [0, 0.05) is 39.4 Å². The summed E-state index contributed by atoms with van der Waals surface area (Å²) in [5, 5.41) is 10.4. The minimum atomic E-state index is -0.243. The van der Waals surface area contributed by atoms with Crippen LogP contribution in [0.15, 0.2) is 30.5 Å². The highest BCUT2D eigenvalue weighted by Crippen LogP contribution is 2.15. The van der Waals surface area contributed by atoms with Gasteiger partial charge in [-0.2, -0.15) is 0 Å². The van der Waals surface area contributed by atoms with Crippen LogP contribution in [-0.2, 0) is 18.3 Å². The van der Waals surface area contributed by atoms with Gasteiger partial charge in [-0.05, 0) is 37.6 Å². The van der Waals surface area contributed by atoms with E-state index in [-0.39, 0.29) is 5.91 Å². The maximum Gasteiger partial charge on any atom is 0.273 e. The summed E-state index contributed by atoms with van der Waals surface area (Å²) in [6.07, 6.45) is 3.75. The highest BCUT2D eigenvalue weighted by molar-refractivity contribution is 5.91. The standard InChI is InChI=1S/C19H27N5O3/c1-23(16-6-9-26-10-7-16)8-11-27-17-5-3-4-15(12-17)13-20-19(25)18-14-24(2)22-21-18/h3-5,12,14,16H,6-11,13H2,1-2H3,(H,20,25). The van der Waals surface area contributed by atoms with Gasteiger partial charge in [0.15, 0.2) is 5.69 Å². The molecule has 27 heavy (non-hydrogen) atoms. The Labute approximate surface area is 159 Å². The van der Waals surface area contributed by atoms with Crippen molar-refractivity contribution in [3.05, 3.63) is 41.7 Å². The van der Waals surface area contributed by atoms with E-state index in [9.17, 15) is 4.79 Å². The van der Waals surface area contributed by atoms with Crippen molar-refractivity contribution in [1.29, 1.82) is 0 Å². The number of nitrogens with zero attached hydrogens (tertiary/aromatic N) is 4. The van der Waals surface area contributed by atoms with Crippen LogP contribution in [0.4, 0.5) is 0 Å². The lowest BCUT2D eigenvalue weighted by Gasteiger charge is -2.31. The number of nitrogens with one attached hydrogen (secondary N) is 1. The molecule has 1 saturated heterocycles. The Morgan fingerprint density at radius 3 is 2.96 bits per heavy atom. The number of carbonyl (C=O) groups excluding carboxylic acids is 1. The molecule has 1 aliphatic rings. The highest BCUT2D eigenvalue weighted by Gasteiger charge is 2.18. The molecular weight excluding hydrogens is 346 g/mol. The Morgan fingerprint density at radius 2 is 2.22 bits per heavy atom. The van der Waals surface area contributed by atoms with Gasteiger partial charge in [-0.1, -0.05) is 17.3 Å². The van der Waals surface area contributed by atoms with Gasteiger partial charge in [0.1, 0.15) is 12.4 Å². The Balaban J connectivity index is 1.43. The molecule has 2 heterocycles. The Hall–Kier alpha value is -2.45. The van der Waals surface area contributed by atoms with Gasteiger partial charge in [-0.25, -0.2) is 0 Å². The fourth-order valence-corrected chi connectivity index (χ4v) is 3.09. The zero-order chi connectivity index (χ0) is 19.1. The summed E-state index contributed by atoms with van der Waals surface area (Å²) in [5.74, 6) is 0.564. The minimum Gasteiger partial charge on any atom is -0.492 e. The zero-order valence-electron chi connectivity index (χ0n) is 15.9. The van der Waals surface area contributed by atoms with Crippen molar-refractivity contribution in [2.24, 2.45) is 7.05 Å². The molecule has 0 aliphatic carbocycles. The number of likely N-dealkylation sites (N-methyl/N-ethyl adjacent to an activating group) is 1. The van der Waals surface area contributed by atoms with Crippen molar-refractivity contribution in [3.63, 3.8) is 0 Å². The van der Waals surface area contributed by atoms with E-state index < -0.39 is 0 Å². The SMILES string of the molecule is CN(CCOc1cccc(CNC(=O)c2cn(C)nn2)c1)C1CCOCC1. The third-order valence-corrected chi connectivity index (χ3v) is 4.71. The smallest absolute Gasteiger partial charge is 0.273 e. The Morgan fingerprint density at radius 1 is 1.41 bits per heavy atom. The second-order valence-electron chi connectivity index (χ2n) is 6.78. The second kappa shape index (κ2) is 9.48. The van der Waals surface area contributed by atoms with Gasteiger partial charge in [-0.3, -0.25) is 14.4 Å². The molecule has 0 unspecified atom stereocenters. The number of aryl methyl sites for hydroxylation is 1. The number of hydrogen-bond donors (Lipinski definition) is 1.